The molecule has 0 bridgehead atoms. The molecular weight excluding hydrogens is 334 g/mol. The molecule has 0 aromatic heterocycles. The van der Waals surface area contributed by atoms with E-state index in [1.807, 2.05) is 30.3 Å². The standard InChI is InChI=1S/C20H23NO5/c1-14(19(22)21(2)13-15-9-6-5-7-10-15)26-20(23)18-16(24-3)11-8-12-17(18)25-4/h5-12,14H,13H2,1-4H3. The third-order valence-corrected chi connectivity index (χ3v) is 3.90. The van der Waals surface area contributed by atoms with Crippen molar-refractivity contribution in [2.75, 3.05) is 21.3 Å². The predicted octanol–water partition coefficient (Wildman–Crippen LogP) is 2.91. The molecule has 1 unspecified atom stereocenters. The van der Waals surface area contributed by atoms with Crippen LogP contribution >= 0.6 is 0 Å². The Bertz CT molecular complexity index is 738. The fraction of sp³-hybridized carbons (Fsp3) is 0.300. The molecular formula is C20H23NO5. The SMILES string of the molecule is COc1cccc(OC)c1C(=O)OC(C)C(=O)N(C)Cc1ccccc1. The zero-order chi connectivity index (χ0) is 19.1. The molecule has 0 spiro atoms. The van der Waals surface area contributed by atoms with Crippen LogP contribution in [0.5, 0.6) is 11.5 Å². The molecule has 1 amide bonds. The monoisotopic (exact) mass is 357 g/mol. The molecule has 0 saturated heterocycles. The van der Waals surface area contributed by atoms with Gasteiger partial charge in [0.2, 0.25) is 0 Å². The number of hydrogen-bond acceptors (Lipinski definition) is 5. The van der Waals surface area contributed by atoms with Gasteiger partial charge in [-0.2, -0.15) is 0 Å². The Labute approximate surface area is 153 Å². The van der Waals surface area contributed by atoms with Crippen LogP contribution in [0.2, 0.25) is 0 Å². The molecule has 26 heavy (non-hydrogen) atoms. The second kappa shape index (κ2) is 8.89. The summed E-state index contributed by atoms with van der Waals surface area (Å²) in [6, 6.07) is 14.6. The minimum Gasteiger partial charge on any atom is -0.496 e. The van der Waals surface area contributed by atoms with Gasteiger partial charge in [0.05, 0.1) is 14.2 Å². The Morgan fingerprint density at radius 2 is 1.54 bits per heavy atom. The highest BCUT2D eigenvalue weighted by Gasteiger charge is 2.26. The van der Waals surface area contributed by atoms with E-state index < -0.39 is 12.1 Å². The quantitative estimate of drug-likeness (QED) is 0.713. The number of carbonyl (C=O) groups excluding carboxylic acids is 2. The number of nitrogens with zero attached hydrogens (tertiary/aromatic N) is 1. The topological polar surface area (TPSA) is 65.1 Å². The number of hydrogen-bond donors (Lipinski definition) is 0. The van der Waals surface area contributed by atoms with Crippen LogP contribution in [-0.4, -0.2) is 44.1 Å². The summed E-state index contributed by atoms with van der Waals surface area (Å²) in [5.74, 6) is -0.317. The molecule has 6 heteroatoms. The summed E-state index contributed by atoms with van der Waals surface area (Å²) in [5, 5.41) is 0. The van der Waals surface area contributed by atoms with E-state index in [-0.39, 0.29) is 11.5 Å². The smallest absolute Gasteiger partial charge is 0.346 e. The lowest BCUT2D eigenvalue weighted by atomic mass is 10.1. The van der Waals surface area contributed by atoms with Gasteiger partial charge in [-0.05, 0) is 24.6 Å². The summed E-state index contributed by atoms with van der Waals surface area (Å²) in [4.78, 5) is 26.6. The molecule has 6 nitrogen and oxygen atoms in total. The third kappa shape index (κ3) is 4.53. The van der Waals surface area contributed by atoms with Crippen LogP contribution in [0.4, 0.5) is 0 Å². The van der Waals surface area contributed by atoms with E-state index in [2.05, 4.69) is 0 Å². The number of carbonyl (C=O) groups is 2. The molecule has 0 aliphatic rings. The van der Waals surface area contributed by atoms with Crippen LogP contribution in [0.1, 0.15) is 22.8 Å². The Hall–Kier alpha value is -3.02. The van der Waals surface area contributed by atoms with Crippen LogP contribution in [0, 0.1) is 0 Å². The summed E-state index contributed by atoms with van der Waals surface area (Å²) in [6.45, 7) is 1.98. The molecule has 0 heterocycles. The fourth-order valence-electron chi connectivity index (χ4n) is 2.57. The number of esters is 1. The Morgan fingerprint density at radius 3 is 2.08 bits per heavy atom. The highest BCUT2D eigenvalue weighted by Crippen LogP contribution is 2.29. The summed E-state index contributed by atoms with van der Waals surface area (Å²) >= 11 is 0. The van der Waals surface area contributed by atoms with Gasteiger partial charge in [-0.25, -0.2) is 4.79 Å². The van der Waals surface area contributed by atoms with E-state index in [1.165, 1.54) is 19.1 Å². The molecule has 138 valence electrons. The molecule has 0 aliphatic carbocycles. The van der Waals surface area contributed by atoms with E-state index >= 15 is 0 Å². The zero-order valence-corrected chi connectivity index (χ0v) is 15.4. The van der Waals surface area contributed by atoms with Crippen molar-refractivity contribution in [1.29, 1.82) is 0 Å². The van der Waals surface area contributed by atoms with E-state index in [4.69, 9.17) is 14.2 Å². The fourth-order valence-corrected chi connectivity index (χ4v) is 2.57. The minimum absolute atomic E-state index is 0.155. The van der Waals surface area contributed by atoms with Crippen molar-refractivity contribution >= 4 is 11.9 Å². The number of benzene rings is 2. The van der Waals surface area contributed by atoms with Crippen LogP contribution in [-0.2, 0) is 16.1 Å². The highest BCUT2D eigenvalue weighted by atomic mass is 16.6. The average Bonchev–Trinajstić information content (AvgIpc) is 2.67. The molecule has 0 radical (unpaired) electrons. The maximum Gasteiger partial charge on any atom is 0.346 e. The van der Waals surface area contributed by atoms with Gasteiger partial charge < -0.3 is 19.1 Å². The zero-order valence-electron chi connectivity index (χ0n) is 15.4. The van der Waals surface area contributed by atoms with Crippen LogP contribution in [0.15, 0.2) is 48.5 Å². The van der Waals surface area contributed by atoms with E-state index in [1.54, 1.807) is 32.2 Å². The van der Waals surface area contributed by atoms with Crippen molar-refractivity contribution in [1.82, 2.24) is 4.90 Å². The lowest BCUT2D eigenvalue weighted by molar-refractivity contribution is -0.139. The van der Waals surface area contributed by atoms with Crippen molar-refractivity contribution in [3.05, 3.63) is 59.7 Å². The number of ether oxygens (including phenoxy) is 3. The first-order valence-electron chi connectivity index (χ1n) is 8.18. The Balaban J connectivity index is 2.08. The number of likely N-dealkylation sites (N-methyl/N-ethyl adjacent to an activating group) is 1. The maximum absolute atomic E-state index is 12.5. The van der Waals surface area contributed by atoms with Gasteiger partial charge in [0.25, 0.3) is 5.91 Å². The first-order valence-corrected chi connectivity index (χ1v) is 8.18. The number of amides is 1. The maximum atomic E-state index is 12.5. The van der Waals surface area contributed by atoms with Gasteiger partial charge in [-0.3, -0.25) is 4.79 Å². The third-order valence-electron chi connectivity index (χ3n) is 3.90. The Morgan fingerprint density at radius 1 is 0.962 bits per heavy atom. The molecule has 0 N–H and O–H groups in total. The van der Waals surface area contributed by atoms with Crippen molar-refractivity contribution in [3.8, 4) is 11.5 Å². The average molecular weight is 357 g/mol. The lowest BCUT2D eigenvalue weighted by Crippen LogP contribution is -2.37. The number of methoxy groups -OCH3 is 2. The molecule has 0 aliphatic heterocycles. The second-order valence-corrected chi connectivity index (χ2v) is 5.76. The Kier molecular flexibility index (Phi) is 6.60. The van der Waals surface area contributed by atoms with E-state index in [0.29, 0.717) is 18.0 Å². The largest absolute Gasteiger partial charge is 0.496 e. The van der Waals surface area contributed by atoms with Crippen LogP contribution in [0.3, 0.4) is 0 Å². The highest BCUT2D eigenvalue weighted by molar-refractivity contribution is 5.97. The normalized spacial score (nSPS) is 11.4. The van der Waals surface area contributed by atoms with Crippen molar-refractivity contribution < 1.29 is 23.8 Å². The van der Waals surface area contributed by atoms with Gasteiger partial charge in [-0.15, -0.1) is 0 Å². The van der Waals surface area contributed by atoms with Crippen LogP contribution < -0.4 is 9.47 Å². The van der Waals surface area contributed by atoms with Gasteiger partial charge in [0.15, 0.2) is 6.10 Å². The van der Waals surface area contributed by atoms with Gasteiger partial charge in [0, 0.05) is 13.6 Å². The van der Waals surface area contributed by atoms with Crippen molar-refractivity contribution in [3.63, 3.8) is 0 Å². The summed E-state index contributed by atoms with van der Waals surface area (Å²) in [5.41, 5.74) is 1.15. The predicted molar refractivity (Wildman–Crippen MR) is 97.3 cm³/mol. The first kappa shape index (κ1) is 19.3. The van der Waals surface area contributed by atoms with Crippen LogP contribution in [0.25, 0.3) is 0 Å². The summed E-state index contributed by atoms with van der Waals surface area (Å²) in [7, 11) is 4.57. The van der Waals surface area contributed by atoms with Gasteiger partial charge in [-0.1, -0.05) is 36.4 Å². The first-order chi connectivity index (χ1) is 12.5. The molecule has 0 fully saturated rings. The molecule has 1 atom stereocenters. The lowest BCUT2D eigenvalue weighted by Gasteiger charge is -2.22. The molecule has 0 saturated carbocycles. The van der Waals surface area contributed by atoms with E-state index in [0.717, 1.165) is 5.56 Å². The van der Waals surface area contributed by atoms with Gasteiger partial charge >= 0.3 is 5.97 Å². The number of rotatable bonds is 7. The minimum atomic E-state index is -0.939. The second-order valence-electron chi connectivity index (χ2n) is 5.76. The summed E-state index contributed by atoms with van der Waals surface area (Å²) < 4.78 is 15.8. The molecule has 2 rings (SSSR count). The van der Waals surface area contributed by atoms with E-state index in [9.17, 15) is 9.59 Å². The van der Waals surface area contributed by atoms with Gasteiger partial charge in [0.1, 0.15) is 17.1 Å². The molecule has 2 aromatic rings. The van der Waals surface area contributed by atoms with Crippen molar-refractivity contribution in [2.45, 2.75) is 19.6 Å². The van der Waals surface area contributed by atoms with Crippen molar-refractivity contribution in [2.24, 2.45) is 0 Å². The summed E-state index contributed by atoms with van der Waals surface area (Å²) in [6.07, 6.45) is -0.939. The molecule has 2 aromatic carbocycles.